The van der Waals surface area contributed by atoms with Gasteiger partial charge in [-0.1, -0.05) is 92.2 Å². The molecule has 178 valence electrons. The number of rotatable bonds is 10. The van der Waals surface area contributed by atoms with E-state index in [1.807, 2.05) is 85.8 Å². The van der Waals surface area contributed by atoms with Crippen molar-refractivity contribution in [2.24, 2.45) is 0 Å². The van der Waals surface area contributed by atoms with E-state index in [1.54, 1.807) is 11.9 Å². The van der Waals surface area contributed by atoms with Gasteiger partial charge in [0.25, 0.3) is 5.91 Å². The van der Waals surface area contributed by atoms with Crippen LogP contribution in [0.4, 0.5) is 0 Å². The minimum atomic E-state index is -0.662. The standard InChI is InChI=1S/C29H34N2O3/c1-21(2)25-12-8-9-13-27(25)34-20-28(32)31(19-24-16-14-22(3)15-17-24)26(29(33)30-4)18-23-10-6-5-7-11-23/h5-17,21,26H,18-20H2,1-4H3,(H,30,33)/t26-/m0/s1. The minimum absolute atomic E-state index is 0.141. The summed E-state index contributed by atoms with van der Waals surface area (Å²) in [4.78, 5) is 28.2. The molecule has 1 atom stereocenters. The summed E-state index contributed by atoms with van der Waals surface area (Å²) in [5, 5.41) is 2.74. The molecule has 0 aliphatic rings. The van der Waals surface area contributed by atoms with Crippen molar-refractivity contribution in [3.8, 4) is 5.75 Å². The first-order chi connectivity index (χ1) is 16.4. The summed E-state index contributed by atoms with van der Waals surface area (Å²) < 4.78 is 5.99. The van der Waals surface area contributed by atoms with Gasteiger partial charge in [0.2, 0.25) is 5.91 Å². The van der Waals surface area contributed by atoms with Crippen molar-refractivity contribution in [2.75, 3.05) is 13.7 Å². The van der Waals surface area contributed by atoms with Gasteiger partial charge in [-0.05, 0) is 35.6 Å². The Labute approximate surface area is 202 Å². The molecular formula is C29H34N2O3. The van der Waals surface area contributed by atoms with Crippen molar-refractivity contribution in [2.45, 2.75) is 45.7 Å². The van der Waals surface area contributed by atoms with E-state index in [1.165, 1.54) is 0 Å². The molecule has 3 aromatic carbocycles. The van der Waals surface area contributed by atoms with Crippen molar-refractivity contribution in [3.63, 3.8) is 0 Å². The lowest BCUT2D eigenvalue weighted by molar-refractivity contribution is -0.142. The average molecular weight is 459 g/mol. The SMILES string of the molecule is CNC(=O)[C@H](Cc1ccccc1)N(Cc1ccc(C)cc1)C(=O)COc1ccccc1C(C)C. The predicted octanol–water partition coefficient (Wildman–Crippen LogP) is 4.88. The number of nitrogens with zero attached hydrogens (tertiary/aromatic N) is 1. The van der Waals surface area contributed by atoms with Crippen LogP contribution >= 0.6 is 0 Å². The number of amides is 2. The minimum Gasteiger partial charge on any atom is -0.483 e. The highest BCUT2D eigenvalue weighted by molar-refractivity contribution is 5.88. The Kier molecular flexibility index (Phi) is 8.86. The lowest BCUT2D eigenvalue weighted by Gasteiger charge is -2.31. The van der Waals surface area contributed by atoms with E-state index in [-0.39, 0.29) is 24.3 Å². The number of hydrogen-bond acceptors (Lipinski definition) is 3. The predicted molar refractivity (Wildman–Crippen MR) is 136 cm³/mol. The molecule has 0 fully saturated rings. The van der Waals surface area contributed by atoms with Crippen LogP contribution in [0.25, 0.3) is 0 Å². The van der Waals surface area contributed by atoms with Crippen LogP contribution in [0.5, 0.6) is 5.75 Å². The van der Waals surface area contributed by atoms with Crippen molar-refractivity contribution in [1.82, 2.24) is 10.2 Å². The van der Waals surface area contributed by atoms with Crippen LogP contribution in [-0.4, -0.2) is 36.4 Å². The number of likely N-dealkylation sites (N-methyl/N-ethyl adjacent to an activating group) is 1. The molecule has 0 radical (unpaired) electrons. The molecule has 0 bridgehead atoms. The number of benzene rings is 3. The Morgan fingerprint density at radius 2 is 1.53 bits per heavy atom. The van der Waals surface area contributed by atoms with Crippen molar-refractivity contribution in [3.05, 3.63) is 101 Å². The van der Waals surface area contributed by atoms with E-state index in [4.69, 9.17) is 4.74 Å². The molecule has 0 aliphatic heterocycles. The van der Waals surface area contributed by atoms with Gasteiger partial charge in [0.05, 0.1) is 0 Å². The number of ether oxygens (including phenoxy) is 1. The highest BCUT2D eigenvalue weighted by Crippen LogP contribution is 2.26. The second kappa shape index (κ2) is 12.0. The summed E-state index contributed by atoms with van der Waals surface area (Å²) >= 11 is 0. The molecule has 3 aromatic rings. The van der Waals surface area contributed by atoms with E-state index in [0.29, 0.717) is 18.7 Å². The topological polar surface area (TPSA) is 58.6 Å². The molecule has 0 unspecified atom stereocenters. The van der Waals surface area contributed by atoms with Gasteiger partial charge in [-0.15, -0.1) is 0 Å². The third kappa shape index (κ3) is 6.70. The van der Waals surface area contributed by atoms with Crippen LogP contribution in [0, 0.1) is 6.92 Å². The van der Waals surface area contributed by atoms with Gasteiger partial charge >= 0.3 is 0 Å². The van der Waals surface area contributed by atoms with E-state index in [0.717, 1.165) is 22.3 Å². The number of nitrogens with one attached hydrogen (secondary N) is 1. The number of hydrogen-bond donors (Lipinski definition) is 1. The van der Waals surface area contributed by atoms with E-state index < -0.39 is 6.04 Å². The Bertz CT molecular complexity index is 1080. The maximum Gasteiger partial charge on any atom is 0.261 e. The van der Waals surface area contributed by atoms with Crippen molar-refractivity contribution >= 4 is 11.8 Å². The third-order valence-electron chi connectivity index (χ3n) is 5.88. The molecule has 0 spiro atoms. The maximum absolute atomic E-state index is 13.5. The fourth-order valence-corrected chi connectivity index (χ4v) is 3.92. The smallest absolute Gasteiger partial charge is 0.261 e. The molecule has 34 heavy (non-hydrogen) atoms. The van der Waals surface area contributed by atoms with E-state index >= 15 is 0 Å². The third-order valence-corrected chi connectivity index (χ3v) is 5.88. The molecule has 0 aromatic heterocycles. The molecule has 2 amide bonds. The summed E-state index contributed by atoms with van der Waals surface area (Å²) in [7, 11) is 1.60. The second-order valence-corrected chi connectivity index (χ2v) is 8.81. The first kappa shape index (κ1) is 25.0. The number of para-hydroxylation sites is 1. The average Bonchev–Trinajstić information content (AvgIpc) is 2.86. The summed E-state index contributed by atoms with van der Waals surface area (Å²) in [5.41, 5.74) is 4.14. The van der Waals surface area contributed by atoms with Gasteiger partial charge in [0, 0.05) is 20.0 Å². The molecular weight excluding hydrogens is 424 g/mol. The van der Waals surface area contributed by atoms with Gasteiger partial charge in [-0.3, -0.25) is 9.59 Å². The fourth-order valence-electron chi connectivity index (χ4n) is 3.92. The summed E-state index contributed by atoms with van der Waals surface area (Å²) in [6.45, 7) is 6.39. The Morgan fingerprint density at radius 3 is 2.18 bits per heavy atom. The normalized spacial score (nSPS) is 11.7. The molecule has 1 N–H and O–H groups in total. The van der Waals surface area contributed by atoms with Crippen LogP contribution in [-0.2, 0) is 22.6 Å². The van der Waals surface area contributed by atoms with Crippen LogP contribution < -0.4 is 10.1 Å². The van der Waals surface area contributed by atoms with E-state index in [9.17, 15) is 9.59 Å². The van der Waals surface area contributed by atoms with Gasteiger partial charge < -0.3 is 15.0 Å². The van der Waals surface area contributed by atoms with Crippen LogP contribution in [0.1, 0.15) is 42.0 Å². The molecule has 0 saturated carbocycles. The highest BCUT2D eigenvalue weighted by atomic mass is 16.5. The zero-order valence-corrected chi connectivity index (χ0v) is 20.5. The molecule has 3 rings (SSSR count). The van der Waals surface area contributed by atoms with Crippen molar-refractivity contribution < 1.29 is 14.3 Å². The zero-order valence-electron chi connectivity index (χ0n) is 20.5. The first-order valence-corrected chi connectivity index (χ1v) is 11.7. The monoisotopic (exact) mass is 458 g/mol. The largest absolute Gasteiger partial charge is 0.483 e. The van der Waals surface area contributed by atoms with Crippen LogP contribution in [0.2, 0.25) is 0 Å². The van der Waals surface area contributed by atoms with Gasteiger partial charge in [-0.25, -0.2) is 0 Å². The second-order valence-electron chi connectivity index (χ2n) is 8.81. The van der Waals surface area contributed by atoms with Gasteiger partial charge in [-0.2, -0.15) is 0 Å². The van der Waals surface area contributed by atoms with Crippen molar-refractivity contribution in [1.29, 1.82) is 0 Å². The van der Waals surface area contributed by atoms with Gasteiger partial charge in [0.15, 0.2) is 6.61 Å². The summed E-state index contributed by atoms with van der Waals surface area (Å²) in [5.74, 6) is 0.530. The fraction of sp³-hybridized carbons (Fsp3) is 0.310. The van der Waals surface area contributed by atoms with Crippen LogP contribution in [0.15, 0.2) is 78.9 Å². The Morgan fingerprint density at radius 1 is 0.882 bits per heavy atom. The highest BCUT2D eigenvalue weighted by Gasteiger charge is 2.30. The molecule has 0 heterocycles. The zero-order chi connectivity index (χ0) is 24.5. The first-order valence-electron chi connectivity index (χ1n) is 11.7. The number of aryl methyl sites for hydroxylation is 1. The number of carbonyl (C=O) groups is 2. The molecule has 5 heteroatoms. The van der Waals surface area contributed by atoms with Crippen LogP contribution in [0.3, 0.4) is 0 Å². The molecule has 0 aliphatic carbocycles. The summed E-state index contributed by atoms with van der Waals surface area (Å²) in [6, 6.07) is 24.9. The molecule has 5 nitrogen and oxygen atoms in total. The number of carbonyl (C=O) groups excluding carboxylic acids is 2. The van der Waals surface area contributed by atoms with Gasteiger partial charge in [0.1, 0.15) is 11.8 Å². The lowest BCUT2D eigenvalue weighted by atomic mass is 10.0. The Balaban J connectivity index is 1.88. The Hall–Kier alpha value is -3.60. The molecule has 0 saturated heterocycles. The maximum atomic E-state index is 13.5. The van der Waals surface area contributed by atoms with E-state index in [2.05, 4.69) is 19.2 Å². The lowest BCUT2D eigenvalue weighted by Crippen LogP contribution is -2.51. The summed E-state index contributed by atoms with van der Waals surface area (Å²) in [6.07, 6.45) is 0.417. The quantitative estimate of drug-likeness (QED) is 0.471.